The number of nitrogens with zero attached hydrogens (tertiary/aromatic N) is 2. The predicted molar refractivity (Wildman–Crippen MR) is 129 cm³/mol. The van der Waals surface area contributed by atoms with Gasteiger partial charge in [0.05, 0.1) is 10.6 Å². The summed E-state index contributed by atoms with van der Waals surface area (Å²) in [4.78, 5) is 18.5. The molecule has 8 nitrogen and oxygen atoms in total. The summed E-state index contributed by atoms with van der Waals surface area (Å²) in [6, 6.07) is 7.04. The third-order valence-corrected chi connectivity index (χ3v) is 6.91. The maximum Gasteiger partial charge on any atom is 0.275 e. The number of pyridine rings is 1. The lowest BCUT2D eigenvalue weighted by Gasteiger charge is -2.27. The number of nitrogens with one attached hydrogen (secondary N) is 2. The van der Waals surface area contributed by atoms with Gasteiger partial charge in [0, 0.05) is 18.9 Å². The second kappa shape index (κ2) is 10.3. The molecule has 2 aromatic rings. The molecule has 1 unspecified atom stereocenters. The fraction of sp³-hybridized carbons (Fsp3) is 0.273. The molecule has 0 radical (unpaired) electrons. The van der Waals surface area contributed by atoms with Crippen molar-refractivity contribution in [2.24, 2.45) is 0 Å². The zero-order valence-corrected chi connectivity index (χ0v) is 20.8. The molecule has 1 aromatic carbocycles. The first-order chi connectivity index (χ1) is 15.9. The molecule has 2 N–H and O–H groups in total. The van der Waals surface area contributed by atoms with Gasteiger partial charge in [-0.15, -0.1) is 0 Å². The van der Waals surface area contributed by atoms with Crippen molar-refractivity contribution in [1.29, 1.82) is 0 Å². The van der Waals surface area contributed by atoms with Gasteiger partial charge in [-0.05, 0) is 49.4 Å². The largest absolute Gasteiger partial charge is 0.492 e. The molecule has 3 rings (SSSR count). The van der Waals surface area contributed by atoms with Crippen LogP contribution in [-0.2, 0) is 26.0 Å². The van der Waals surface area contributed by atoms with Crippen LogP contribution in [0.2, 0.25) is 10.2 Å². The molecule has 34 heavy (non-hydrogen) atoms. The van der Waals surface area contributed by atoms with E-state index in [1.165, 1.54) is 30.3 Å². The summed E-state index contributed by atoms with van der Waals surface area (Å²) in [5.74, 6) is -1.97. The van der Waals surface area contributed by atoms with Crippen LogP contribution in [0.25, 0.3) is 0 Å². The normalized spacial score (nSPS) is 21.1. The number of aromatic nitrogens is 1. The average molecular weight is 529 g/mol. The van der Waals surface area contributed by atoms with Crippen molar-refractivity contribution >= 4 is 44.8 Å². The molecule has 1 fully saturated rings. The molecule has 0 aliphatic carbocycles. The van der Waals surface area contributed by atoms with E-state index in [4.69, 9.17) is 27.9 Å². The molecule has 2 heterocycles. The van der Waals surface area contributed by atoms with Crippen molar-refractivity contribution in [3.05, 3.63) is 82.3 Å². The highest BCUT2D eigenvalue weighted by atomic mass is 35.5. The Hall–Kier alpha value is -2.66. The van der Waals surface area contributed by atoms with Crippen LogP contribution >= 0.6 is 23.2 Å². The lowest BCUT2D eigenvalue weighted by atomic mass is 9.96. The first-order valence-corrected chi connectivity index (χ1v) is 12.4. The number of ether oxygens (including phenoxy) is 1. The lowest BCUT2D eigenvalue weighted by molar-refractivity contribution is -0.114. The third kappa shape index (κ3) is 6.47. The number of sulfonamides is 1. The van der Waals surface area contributed by atoms with Gasteiger partial charge in [-0.1, -0.05) is 35.8 Å². The van der Waals surface area contributed by atoms with E-state index in [2.05, 4.69) is 21.6 Å². The quantitative estimate of drug-likeness (QED) is 0.437. The van der Waals surface area contributed by atoms with Crippen LogP contribution in [0.15, 0.2) is 60.8 Å². The molecule has 1 aliphatic heterocycles. The van der Waals surface area contributed by atoms with Crippen molar-refractivity contribution in [1.82, 2.24) is 14.6 Å². The number of halogens is 3. The molecule has 182 valence electrons. The SMILES string of the molecule is C=CN(C)/C(C(=O)Nc1ccc(F)c(Cl)c1)=C1\CS(=O)(=O)NC(C)(Cc2ccc(Cl)nc2)CO1. The van der Waals surface area contributed by atoms with E-state index in [1.54, 1.807) is 25.3 Å². The second-order valence-corrected chi connectivity index (χ2v) is 10.5. The second-order valence-electron chi connectivity index (χ2n) is 8.02. The Bertz CT molecular complexity index is 1240. The Balaban J connectivity index is 1.93. The Kier molecular flexibility index (Phi) is 7.87. The average Bonchev–Trinajstić information content (AvgIpc) is 2.87. The van der Waals surface area contributed by atoms with Crippen molar-refractivity contribution in [3.63, 3.8) is 0 Å². The van der Waals surface area contributed by atoms with Crippen LogP contribution in [0.4, 0.5) is 10.1 Å². The molecule has 1 aromatic heterocycles. The topological polar surface area (TPSA) is 101 Å². The Morgan fingerprint density at radius 2 is 2.12 bits per heavy atom. The Morgan fingerprint density at radius 3 is 2.74 bits per heavy atom. The summed E-state index contributed by atoms with van der Waals surface area (Å²) < 4.78 is 47.9. The van der Waals surface area contributed by atoms with Crippen LogP contribution in [0.3, 0.4) is 0 Å². The smallest absolute Gasteiger partial charge is 0.275 e. The number of anilines is 1. The summed E-state index contributed by atoms with van der Waals surface area (Å²) >= 11 is 11.6. The van der Waals surface area contributed by atoms with Gasteiger partial charge in [-0.3, -0.25) is 4.79 Å². The van der Waals surface area contributed by atoms with Gasteiger partial charge in [0.15, 0.2) is 0 Å². The van der Waals surface area contributed by atoms with Crippen molar-refractivity contribution < 1.29 is 22.3 Å². The molecule has 1 atom stereocenters. The van der Waals surface area contributed by atoms with Crippen LogP contribution in [0.1, 0.15) is 12.5 Å². The molecule has 1 amide bonds. The summed E-state index contributed by atoms with van der Waals surface area (Å²) in [5.41, 5.74) is -0.116. The van der Waals surface area contributed by atoms with Gasteiger partial charge in [0.1, 0.15) is 34.8 Å². The highest BCUT2D eigenvalue weighted by Gasteiger charge is 2.37. The molecular weight excluding hydrogens is 506 g/mol. The third-order valence-electron chi connectivity index (χ3n) is 4.95. The lowest BCUT2D eigenvalue weighted by Crippen LogP contribution is -2.49. The Morgan fingerprint density at radius 1 is 1.38 bits per heavy atom. The van der Waals surface area contributed by atoms with E-state index in [9.17, 15) is 17.6 Å². The molecule has 0 saturated carbocycles. The number of amides is 1. The number of hydrogen-bond acceptors (Lipinski definition) is 6. The minimum absolute atomic E-state index is 0.0612. The van der Waals surface area contributed by atoms with Gasteiger partial charge in [0.2, 0.25) is 10.0 Å². The summed E-state index contributed by atoms with van der Waals surface area (Å²) in [6.07, 6.45) is 3.17. The van der Waals surface area contributed by atoms with Gasteiger partial charge < -0.3 is 15.0 Å². The maximum absolute atomic E-state index is 13.5. The number of rotatable bonds is 6. The monoisotopic (exact) mass is 528 g/mol. The molecule has 12 heteroatoms. The number of carbonyl (C=O) groups is 1. The predicted octanol–water partition coefficient (Wildman–Crippen LogP) is 3.70. The zero-order valence-electron chi connectivity index (χ0n) is 18.4. The van der Waals surface area contributed by atoms with Crippen LogP contribution in [-0.4, -0.2) is 49.2 Å². The van der Waals surface area contributed by atoms with Crippen molar-refractivity contribution in [2.75, 3.05) is 24.7 Å². The minimum Gasteiger partial charge on any atom is -0.492 e. The van der Waals surface area contributed by atoms with E-state index < -0.39 is 33.0 Å². The van der Waals surface area contributed by atoms with E-state index in [0.29, 0.717) is 5.15 Å². The fourth-order valence-electron chi connectivity index (χ4n) is 3.43. The fourth-order valence-corrected chi connectivity index (χ4v) is 5.24. The first kappa shape index (κ1) is 26.0. The highest BCUT2D eigenvalue weighted by Crippen LogP contribution is 2.25. The number of carbonyl (C=O) groups excluding carboxylic acids is 1. The number of likely N-dealkylation sites (N-methyl/N-ethyl adjacent to an activating group) is 1. The van der Waals surface area contributed by atoms with E-state index >= 15 is 0 Å². The standard InChI is InChI=1S/C22H23Cl2FN4O4S/c1-4-29(3)20(21(30)27-15-6-7-17(25)16(23)9-15)18-12-34(31,32)28-22(2,13-33-18)10-14-5-8-19(24)26-11-14/h4-9,11,28H,1,10,12-13H2,2-3H3,(H,27,30)/b20-18+. The summed E-state index contributed by atoms with van der Waals surface area (Å²) in [6.45, 7) is 5.28. The van der Waals surface area contributed by atoms with Crippen molar-refractivity contribution in [3.8, 4) is 0 Å². The molecule has 1 saturated heterocycles. The molecule has 0 spiro atoms. The van der Waals surface area contributed by atoms with E-state index in [1.807, 2.05) is 0 Å². The van der Waals surface area contributed by atoms with Crippen LogP contribution in [0.5, 0.6) is 0 Å². The molecule has 0 bridgehead atoms. The van der Waals surface area contributed by atoms with Gasteiger partial charge in [-0.25, -0.2) is 22.5 Å². The molecule has 1 aliphatic rings. The summed E-state index contributed by atoms with van der Waals surface area (Å²) in [5, 5.41) is 2.73. The Labute approximate surface area is 207 Å². The number of benzene rings is 1. The van der Waals surface area contributed by atoms with Crippen molar-refractivity contribution in [2.45, 2.75) is 18.9 Å². The van der Waals surface area contributed by atoms with Gasteiger partial charge in [0.25, 0.3) is 5.91 Å². The van der Waals surface area contributed by atoms with E-state index in [-0.39, 0.29) is 35.2 Å². The van der Waals surface area contributed by atoms with Gasteiger partial charge >= 0.3 is 0 Å². The van der Waals surface area contributed by atoms with Crippen LogP contribution in [0, 0.1) is 5.82 Å². The van der Waals surface area contributed by atoms with Gasteiger partial charge in [-0.2, -0.15) is 0 Å². The highest BCUT2D eigenvalue weighted by molar-refractivity contribution is 7.89. The maximum atomic E-state index is 13.5. The minimum atomic E-state index is -3.90. The first-order valence-electron chi connectivity index (χ1n) is 10.0. The van der Waals surface area contributed by atoms with Crippen LogP contribution < -0.4 is 10.0 Å². The van der Waals surface area contributed by atoms with E-state index in [0.717, 1.165) is 11.6 Å². The zero-order chi connectivity index (χ0) is 25.1. The summed E-state index contributed by atoms with van der Waals surface area (Å²) in [7, 11) is -2.37. The molecular formula is C22H23Cl2FN4O4S. The number of hydrogen-bond donors (Lipinski definition) is 2.